The highest BCUT2D eigenvalue weighted by molar-refractivity contribution is 5.18. The summed E-state index contributed by atoms with van der Waals surface area (Å²) in [7, 11) is 0. The Kier molecular flexibility index (Phi) is 3.00. The highest BCUT2D eigenvalue weighted by Gasteiger charge is 2.25. The summed E-state index contributed by atoms with van der Waals surface area (Å²) < 4.78 is 28.6. The minimum Gasteiger partial charge on any atom is -0.306 e. The molecular formula is C14H12F2N2O2. The maximum atomic E-state index is 13.1. The number of aromatic nitrogens is 2. The summed E-state index contributed by atoms with van der Waals surface area (Å²) in [5.74, 6) is -1.91. The van der Waals surface area contributed by atoms with Crippen molar-refractivity contribution in [1.82, 2.24) is 9.13 Å². The molecular weight excluding hydrogens is 266 g/mol. The van der Waals surface area contributed by atoms with Crippen LogP contribution in [0, 0.1) is 11.6 Å². The van der Waals surface area contributed by atoms with Crippen molar-refractivity contribution in [2.45, 2.75) is 25.4 Å². The number of hydrogen-bond acceptors (Lipinski definition) is 2. The molecule has 1 saturated carbocycles. The Morgan fingerprint density at radius 1 is 1.05 bits per heavy atom. The summed E-state index contributed by atoms with van der Waals surface area (Å²) in [5, 5.41) is 0. The lowest BCUT2D eigenvalue weighted by Gasteiger charge is -2.08. The first-order chi connectivity index (χ1) is 9.56. The Hall–Kier alpha value is -2.24. The molecule has 1 fully saturated rings. The van der Waals surface area contributed by atoms with Crippen LogP contribution in [0.1, 0.15) is 24.4 Å². The normalized spacial score (nSPS) is 14.5. The van der Waals surface area contributed by atoms with E-state index in [9.17, 15) is 18.4 Å². The van der Waals surface area contributed by atoms with Crippen LogP contribution in [0.3, 0.4) is 0 Å². The van der Waals surface area contributed by atoms with Gasteiger partial charge in [-0.3, -0.25) is 9.59 Å². The van der Waals surface area contributed by atoms with Gasteiger partial charge >= 0.3 is 11.1 Å². The van der Waals surface area contributed by atoms with Crippen molar-refractivity contribution in [2.24, 2.45) is 0 Å². The summed E-state index contributed by atoms with van der Waals surface area (Å²) in [4.78, 5) is 23.8. The van der Waals surface area contributed by atoms with Gasteiger partial charge in [0.25, 0.3) is 0 Å². The SMILES string of the molecule is O=c1c(=O)n(C2CC2)ccn1Cc1ccc(F)c(F)c1. The van der Waals surface area contributed by atoms with Crippen LogP contribution in [0.5, 0.6) is 0 Å². The molecule has 2 aromatic rings. The molecule has 4 nitrogen and oxygen atoms in total. The van der Waals surface area contributed by atoms with E-state index < -0.39 is 22.8 Å². The number of nitrogens with zero attached hydrogens (tertiary/aromatic N) is 2. The number of benzene rings is 1. The highest BCUT2D eigenvalue weighted by atomic mass is 19.2. The van der Waals surface area contributed by atoms with Crippen LogP contribution in [0.15, 0.2) is 40.2 Å². The van der Waals surface area contributed by atoms with Gasteiger partial charge in [-0.05, 0) is 30.5 Å². The Bertz CT molecular complexity index is 775. The van der Waals surface area contributed by atoms with Gasteiger partial charge in [-0.1, -0.05) is 6.07 Å². The summed E-state index contributed by atoms with van der Waals surface area (Å²) in [5.41, 5.74) is -0.795. The van der Waals surface area contributed by atoms with Crippen LogP contribution >= 0.6 is 0 Å². The Morgan fingerprint density at radius 3 is 2.45 bits per heavy atom. The third-order valence-electron chi connectivity index (χ3n) is 3.36. The average molecular weight is 278 g/mol. The molecule has 20 heavy (non-hydrogen) atoms. The van der Waals surface area contributed by atoms with Crippen molar-refractivity contribution >= 4 is 0 Å². The summed E-state index contributed by atoms with van der Waals surface area (Å²) in [6.07, 6.45) is 4.89. The first kappa shape index (κ1) is 12.8. The van der Waals surface area contributed by atoms with E-state index in [1.807, 2.05) is 0 Å². The zero-order valence-electron chi connectivity index (χ0n) is 10.6. The summed E-state index contributed by atoms with van der Waals surface area (Å²) >= 11 is 0. The Balaban J connectivity index is 1.94. The van der Waals surface area contributed by atoms with Crippen molar-refractivity contribution in [2.75, 3.05) is 0 Å². The topological polar surface area (TPSA) is 44.0 Å². The summed E-state index contributed by atoms with van der Waals surface area (Å²) in [6, 6.07) is 3.54. The number of hydrogen-bond donors (Lipinski definition) is 0. The molecule has 0 unspecified atom stereocenters. The second kappa shape index (κ2) is 4.70. The van der Waals surface area contributed by atoms with Crippen LogP contribution in [0.25, 0.3) is 0 Å². The molecule has 1 aliphatic rings. The zero-order chi connectivity index (χ0) is 14.3. The molecule has 6 heteroatoms. The molecule has 0 atom stereocenters. The van der Waals surface area contributed by atoms with Gasteiger partial charge in [0.15, 0.2) is 11.6 Å². The van der Waals surface area contributed by atoms with Crippen molar-refractivity contribution in [3.8, 4) is 0 Å². The molecule has 1 heterocycles. The van der Waals surface area contributed by atoms with Crippen LogP contribution in [0.2, 0.25) is 0 Å². The third kappa shape index (κ3) is 2.29. The van der Waals surface area contributed by atoms with E-state index in [4.69, 9.17) is 0 Å². The minimum atomic E-state index is -0.970. The largest absolute Gasteiger partial charge is 0.316 e. The van der Waals surface area contributed by atoms with Gasteiger partial charge < -0.3 is 9.13 Å². The lowest BCUT2D eigenvalue weighted by atomic mass is 10.2. The molecule has 0 bridgehead atoms. The predicted molar refractivity (Wildman–Crippen MR) is 68.7 cm³/mol. The third-order valence-corrected chi connectivity index (χ3v) is 3.36. The van der Waals surface area contributed by atoms with E-state index in [-0.39, 0.29) is 12.6 Å². The lowest BCUT2D eigenvalue weighted by molar-refractivity contribution is 0.506. The van der Waals surface area contributed by atoms with E-state index in [1.165, 1.54) is 21.4 Å². The maximum Gasteiger partial charge on any atom is 0.316 e. The first-order valence-corrected chi connectivity index (χ1v) is 6.32. The minimum absolute atomic E-state index is 0.0385. The number of rotatable bonds is 3. The quantitative estimate of drug-likeness (QED) is 0.802. The molecule has 1 aliphatic carbocycles. The van der Waals surface area contributed by atoms with Gasteiger partial charge in [0, 0.05) is 18.4 Å². The highest BCUT2D eigenvalue weighted by Crippen LogP contribution is 2.32. The molecule has 0 N–H and O–H groups in total. The van der Waals surface area contributed by atoms with Crippen LogP contribution in [-0.4, -0.2) is 9.13 Å². The smallest absolute Gasteiger partial charge is 0.306 e. The second-order valence-corrected chi connectivity index (χ2v) is 4.92. The van der Waals surface area contributed by atoms with Crippen molar-refractivity contribution in [1.29, 1.82) is 0 Å². The molecule has 104 valence electrons. The average Bonchev–Trinajstić information content (AvgIpc) is 3.24. The van der Waals surface area contributed by atoms with Crippen LogP contribution in [-0.2, 0) is 6.54 Å². The molecule has 0 spiro atoms. The molecule has 0 aliphatic heterocycles. The zero-order valence-corrected chi connectivity index (χ0v) is 10.6. The van der Waals surface area contributed by atoms with Crippen LogP contribution < -0.4 is 11.1 Å². The fraction of sp³-hybridized carbons (Fsp3) is 0.286. The van der Waals surface area contributed by atoms with E-state index in [0.717, 1.165) is 25.0 Å². The second-order valence-electron chi connectivity index (χ2n) is 4.92. The predicted octanol–water partition coefficient (Wildman–Crippen LogP) is 1.67. The fourth-order valence-corrected chi connectivity index (χ4v) is 2.12. The van der Waals surface area contributed by atoms with E-state index in [1.54, 1.807) is 6.20 Å². The molecule has 1 aromatic carbocycles. The van der Waals surface area contributed by atoms with Gasteiger partial charge in [0.1, 0.15) is 0 Å². The summed E-state index contributed by atoms with van der Waals surface area (Å²) in [6.45, 7) is 0.0385. The fourth-order valence-electron chi connectivity index (χ4n) is 2.12. The van der Waals surface area contributed by atoms with E-state index >= 15 is 0 Å². The van der Waals surface area contributed by atoms with Crippen molar-refractivity contribution < 1.29 is 8.78 Å². The van der Waals surface area contributed by atoms with Gasteiger partial charge in [-0.15, -0.1) is 0 Å². The molecule has 3 rings (SSSR count). The first-order valence-electron chi connectivity index (χ1n) is 6.32. The Morgan fingerprint density at radius 2 is 1.80 bits per heavy atom. The lowest BCUT2D eigenvalue weighted by Crippen LogP contribution is -2.40. The Labute approximate surface area is 112 Å². The number of halogens is 2. The molecule has 0 saturated heterocycles. The monoisotopic (exact) mass is 278 g/mol. The van der Waals surface area contributed by atoms with Crippen molar-refractivity contribution in [3.63, 3.8) is 0 Å². The standard InChI is InChI=1S/C14H12F2N2O2/c15-11-4-1-9(7-12(11)16)8-17-5-6-18(10-2-3-10)14(20)13(17)19/h1,4-7,10H,2-3,8H2. The van der Waals surface area contributed by atoms with Gasteiger partial charge in [0.05, 0.1) is 6.54 Å². The van der Waals surface area contributed by atoms with E-state index in [2.05, 4.69) is 0 Å². The van der Waals surface area contributed by atoms with Crippen LogP contribution in [0.4, 0.5) is 8.78 Å². The van der Waals surface area contributed by atoms with Gasteiger partial charge in [-0.25, -0.2) is 8.78 Å². The molecule has 0 amide bonds. The maximum absolute atomic E-state index is 13.1. The molecule has 1 aromatic heterocycles. The van der Waals surface area contributed by atoms with Gasteiger partial charge in [-0.2, -0.15) is 0 Å². The molecule has 0 radical (unpaired) electrons. The van der Waals surface area contributed by atoms with Crippen molar-refractivity contribution in [3.05, 3.63) is 68.5 Å². The van der Waals surface area contributed by atoms with E-state index in [0.29, 0.717) is 5.56 Å². The van der Waals surface area contributed by atoms with Gasteiger partial charge in [0.2, 0.25) is 0 Å².